The lowest BCUT2D eigenvalue weighted by Crippen LogP contribution is -2.23. The van der Waals surface area contributed by atoms with Crippen LogP contribution < -0.4 is 20.9 Å². The number of aryl methyl sites for hydroxylation is 1. The Morgan fingerprint density at radius 1 is 0.929 bits per heavy atom. The number of hydrogen-bond donors (Lipinski definition) is 3. The molecule has 0 aliphatic heterocycles. The minimum Gasteiger partial charge on any atom is -0.376 e. The van der Waals surface area contributed by atoms with Gasteiger partial charge in [0.1, 0.15) is 0 Å². The third-order valence-corrected chi connectivity index (χ3v) is 4.30. The second-order valence-corrected chi connectivity index (χ2v) is 6.46. The van der Waals surface area contributed by atoms with Crippen molar-refractivity contribution in [1.29, 1.82) is 0 Å². The Bertz CT molecular complexity index is 862. The standard InChI is InChI=1S/C21H26N4O3/c1-5-20(27)24-19-12-17(7-6-14(19)2)22-13-21(28)23-16-8-10-18(11-9-16)25(4)15(3)26/h6-12,22H,5,13H2,1-4H3,(H,23,28)(H,24,27). The molecule has 0 atom stereocenters. The van der Waals surface area contributed by atoms with Crippen molar-refractivity contribution in [1.82, 2.24) is 0 Å². The average Bonchev–Trinajstić information content (AvgIpc) is 2.68. The highest BCUT2D eigenvalue weighted by Gasteiger charge is 2.08. The van der Waals surface area contributed by atoms with Gasteiger partial charge in [-0.15, -0.1) is 0 Å². The van der Waals surface area contributed by atoms with Gasteiger partial charge in [-0.25, -0.2) is 0 Å². The highest BCUT2D eigenvalue weighted by Crippen LogP contribution is 2.21. The van der Waals surface area contributed by atoms with Crippen LogP contribution in [0, 0.1) is 6.92 Å². The third kappa shape index (κ3) is 5.84. The largest absolute Gasteiger partial charge is 0.376 e. The Hall–Kier alpha value is -3.35. The molecule has 2 aromatic rings. The quantitative estimate of drug-likeness (QED) is 0.685. The fourth-order valence-corrected chi connectivity index (χ4v) is 2.44. The van der Waals surface area contributed by atoms with Crippen molar-refractivity contribution < 1.29 is 14.4 Å². The molecule has 3 N–H and O–H groups in total. The maximum Gasteiger partial charge on any atom is 0.243 e. The van der Waals surface area contributed by atoms with Crippen LogP contribution in [0.3, 0.4) is 0 Å². The number of carbonyl (C=O) groups is 3. The van der Waals surface area contributed by atoms with Gasteiger partial charge in [0, 0.05) is 43.1 Å². The van der Waals surface area contributed by atoms with Gasteiger partial charge in [-0.3, -0.25) is 14.4 Å². The van der Waals surface area contributed by atoms with Gasteiger partial charge >= 0.3 is 0 Å². The fraction of sp³-hybridized carbons (Fsp3) is 0.286. The SMILES string of the molecule is CCC(=O)Nc1cc(NCC(=O)Nc2ccc(N(C)C(C)=O)cc2)ccc1C. The Morgan fingerprint density at radius 3 is 2.18 bits per heavy atom. The van der Waals surface area contributed by atoms with Crippen molar-refractivity contribution in [3.05, 3.63) is 48.0 Å². The maximum absolute atomic E-state index is 12.2. The highest BCUT2D eigenvalue weighted by molar-refractivity contribution is 5.95. The summed E-state index contributed by atoms with van der Waals surface area (Å²) in [5.41, 5.74) is 3.82. The number of amides is 3. The summed E-state index contributed by atoms with van der Waals surface area (Å²) >= 11 is 0. The van der Waals surface area contributed by atoms with Gasteiger partial charge in [0.05, 0.1) is 6.54 Å². The summed E-state index contributed by atoms with van der Waals surface area (Å²) in [5, 5.41) is 8.69. The van der Waals surface area contributed by atoms with E-state index in [9.17, 15) is 14.4 Å². The van der Waals surface area contributed by atoms with E-state index in [1.54, 1.807) is 38.2 Å². The van der Waals surface area contributed by atoms with Gasteiger partial charge in [0.25, 0.3) is 0 Å². The summed E-state index contributed by atoms with van der Waals surface area (Å²) in [7, 11) is 1.69. The number of nitrogens with one attached hydrogen (secondary N) is 3. The summed E-state index contributed by atoms with van der Waals surface area (Å²) in [5.74, 6) is -0.321. The third-order valence-electron chi connectivity index (χ3n) is 4.30. The van der Waals surface area contributed by atoms with Gasteiger partial charge in [-0.05, 0) is 48.9 Å². The Balaban J connectivity index is 1.93. The monoisotopic (exact) mass is 382 g/mol. The van der Waals surface area contributed by atoms with Crippen LogP contribution in [0.25, 0.3) is 0 Å². The van der Waals surface area contributed by atoms with E-state index in [1.165, 1.54) is 11.8 Å². The van der Waals surface area contributed by atoms with E-state index in [0.29, 0.717) is 12.1 Å². The van der Waals surface area contributed by atoms with Crippen molar-refractivity contribution in [3.63, 3.8) is 0 Å². The van der Waals surface area contributed by atoms with Crippen molar-refractivity contribution in [2.45, 2.75) is 27.2 Å². The maximum atomic E-state index is 12.2. The summed E-state index contributed by atoms with van der Waals surface area (Å²) < 4.78 is 0. The van der Waals surface area contributed by atoms with Crippen molar-refractivity contribution in [3.8, 4) is 0 Å². The molecule has 3 amide bonds. The summed E-state index contributed by atoms with van der Waals surface area (Å²) in [6.07, 6.45) is 0.403. The molecule has 2 aromatic carbocycles. The predicted octanol–water partition coefficient (Wildman–Crippen LogP) is 3.38. The lowest BCUT2D eigenvalue weighted by Gasteiger charge is -2.15. The van der Waals surface area contributed by atoms with Crippen LogP contribution >= 0.6 is 0 Å². The van der Waals surface area contributed by atoms with Gasteiger partial charge in [0.15, 0.2) is 0 Å². The number of nitrogens with zero attached hydrogens (tertiary/aromatic N) is 1. The number of benzene rings is 2. The molecule has 0 radical (unpaired) electrons. The molecule has 0 fully saturated rings. The first-order chi connectivity index (χ1) is 13.3. The first-order valence-corrected chi connectivity index (χ1v) is 9.08. The molecule has 0 aliphatic rings. The molecule has 0 heterocycles. The van der Waals surface area contributed by atoms with Crippen LogP contribution in [-0.4, -0.2) is 31.3 Å². The van der Waals surface area contributed by atoms with E-state index in [1.807, 2.05) is 25.1 Å². The molecular formula is C21H26N4O3. The van der Waals surface area contributed by atoms with Crippen LogP contribution in [0.15, 0.2) is 42.5 Å². The van der Waals surface area contributed by atoms with Crippen molar-refractivity contribution >= 4 is 40.5 Å². The molecule has 0 bridgehead atoms. The molecule has 0 unspecified atom stereocenters. The Labute approximate surface area is 165 Å². The normalized spacial score (nSPS) is 10.1. The van der Waals surface area contributed by atoms with E-state index in [0.717, 1.165) is 22.6 Å². The number of anilines is 4. The minimum atomic E-state index is -0.201. The molecule has 148 valence electrons. The van der Waals surface area contributed by atoms with Gasteiger partial charge < -0.3 is 20.9 Å². The first kappa shape index (κ1) is 21.0. The van der Waals surface area contributed by atoms with E-state index in [2.05, 4.69) is 16.0 Å². The smallest absolute Gasteiger partial charge is 0.243 e. The van der Waals surface area contributed by atoms with Gasteiger partial charge in [-0.1, -0.05) is 13.0 Å². The molecule has 28 heavy (non-hydrogen) atoms. The Morgan fingerprint density at radius 2 is 1.57 bits per heavy atom. The highest BCUT2D eigenvalue weighted by atomic mass is 16.2. The zero-order valence-electron chi connectivity index (χ0n) is 16.6. The van der Waals surface area contributed by atoms with Crippen LogP contribution in [0.2, 0.25) is 0 Å². The fourth-order valence-electron chi connectivity index (χ4n) is 2.44. The Kier molecular flexibility index (Phi) is 7.14. The number of carbonyl (C=O) groups excluding carboxylic acids is 3. The van der Waals surface area contributed by atoms with E-state index in [-0.39, 0.29) is 24.3 Å². The van der Waals surface area contributed by atoms with E-state index < -0.39 is 0 Å². The molecule has 7 heteroatoms. The molecule has 0 aromatic heterocycles. The first-order valence-electron chi connectivity index (χ1n) is 9.08. The van der Waals surface area contributed by atoms with Crippen LogP contribution in [0.4, 0.5) is 22.7 Å². The minimum absolute atomic E-state index is 0.0585. The lowest BCUT2D eigenvalue weighted by molar-refractivity contribution is -0.116. The molecule has 0 saturated heterocycles. The second kappa shape index (κ2) is 9.55. The molecule has 0 spiro atoms. The summed E-state index contributed by atoms with van der Waals surface area (Å²) in [6.45, 7) is 5.28. The topological polar surface area (TPSA) is 90.5 Å². The van der Waals surface area contributed by atoms with E-state index in [4.69, 9.17) is 0 Å². The van der Waals surface area contributed by atoms with Gasteiger partial charge in [0.2, 0.25) is 17.7 Å². The molecular weight excluding hydrogens is 356 g/mol. The average molecular weight is 382 g/mol. The molecule has 2 rings (SSSR count). The summed E-state index contributed by atoms with van der Waals surface area (Å²) in [4.78, 5) is 36.7. The van der Waals surface area contributed by atoms with Crippen LogP contribution in [0.1, 0.15) is 25.8 Å². The van der Waals surface area contributed by atoms with Crippen LogP contribution in [0.5, 0.6) is 0 Å². The van der Waals surface area contributed by atoms with Crippen LogP contribution in [-0.2, 0) is 14.4 Å². The zero-order valence-corrected chi connectivity index (χ0v) is 16.6. The van der Waals surface area contributed by atoms with E-state index >= 15 is 0 Å². The number of hydrogen-bond acceptors (Lipinski definition) is 4. The molecule has 7 nitrogen and oxygen atoms in total. The van der Waals surface area contributed by atoms with Crippen molar-refractivity contribution in [2.75, 3.05) is 34.4 Å². The molecule has 0 saturated carbocycles. The number of rotatable bonds is 7. The zero-order chi connectivity index (χ0) is 20.7. The van der Waals surface area contributed by atoms with Gasteiger partial charge in [-0.2, -0.15) is 0 Å². The predicted molar refractivity (Wildman–Crippen MR) is 113 cm³/mol. The molecule has 0 aliphatic carbocycles. The van der Waals surface area contributed by atoms with Crippen molar-refractivity contribution in [2.24, 2.45) is 0 Å². The summed E-state index contributed by atoms with van der Waals surface area (Å²) in [6, 6.07) is 12.6. The second-order valence-electron chi connectivity index (χ2n) is 6.46. The lowest BCUT2D eigenvalue weighted by atomic mass is 10.1.